The van der Waals surface area contributed by atoms with Gasteiger partial charge in [0.15, 0.2) is 0 Å². The second-order valence-corrected chi connectivity index (χ2v) is 4.40. The Morgan fingerprint density at radius 1 is 1.53 bits per heavy atom. The van der Waals surface area contributed by atoms with Gasteiger partial charge in [0.05, 0.1) is 6.04 Å². The summed E-state index contributed by atoms with van der Waals surface area (Å²) in [6.07, 6.45) is 3.51. The minimum Gasteiger partial charge on any atom is -0.329 e. The molecule has 0 aromatic heterocycles. The van der Waals surface area contributed by atoms with Crippen molar-refractivity contribution in [3.8, 4) is 0 Å². The van der Waals surface area contributed by atoms with Crippen LogP contribution in [-0.2, 0) is 11.2 Å². The van der Waals surface area contributed by atoms with Crippen LogP contribution in [0.5, 0.6) is 0 Å². The standard InChI is InChI=1S/C14H17NO2/c1-2-11-5-3-6-12(9-11)14(17)15-8-4-7-13(15)10-16/h3,5-6,9-10,13H,2,4,7-8H2,1H3/t13-/m0/s1. The van der Waals surface area contributed by atoms with Gasteiger partial charge in [0.25, 0.3) is 5.91 Å². The van der Waals surface area contributed by atoms with Gasteiger partial charge in [-0.2, -0.15) is 0 Å². The first kappa shape index (κ1) is 11.8. The average Bonchev–Trinajstić information content (AvgIpc) is 2.86. The van der Waals surface area contributed by atoms with Crippen molar-refractivity contribution in [1.29, 1.82) is 0 Å². The van der Waals surface area contributed by atoms with Crippen LogP contribution in [-0.4, -0.2) is 29.7 Å². The smallest absolute Gasteiger partial charge is 0.254 e. The highest BCUT2D eigenvalue weighted by Crippen LogP contribution is 2.19. The van der Waals surface area contributed by atoms with E-state index in [0.717, 1.165) is 31.1 Å². The van der Waals surface area contributed by atoms with E-state index in [4.69, 9.17) is 0 Å². The van der Waals surface area contributed by atoms with Gasteiger partial charge in [-0.15, -0.1) is 0 Å². The van der Waals surface area contributed by atoms with Crippen LogP contribution in [0.3, 0.4) is 0 Å². The first-order chi connectivity index (χ1) is 8.26. The highest BCUT2D eigenvalue weighted by atomic mass is 16.2. The molecule has 0 bridgehead atoms. The molecule has 0 spiro atoms. The second kappa shape index (κ2) is 5.13. The largest absolute Gasteiger partial charge is 0.329 e. The van der Waals surface area contributed by atoms with E-state index in [1.807, 2.05) is 24.3 Å². The molecule has 0 radical (unpaired) electrons. The van der Waals surface area contributed by atoms with Crippen molar-refractivity contribution in [3.63, 3.8) is 0 Å². The number of likely N-dealkylation sites (tertiary alicyclic amines) is 1. The lowest BCUT2D eigenvalue weighted by Gasteiger charge is -2.20. The summed E-state index contributed by atoms with van der Waals surface area (Å²) in [7, 11) is 0. The Bertz CT molecular complexity index is 428. The maximum atomic E-state index is 12.3. The molecule has 3 heteroatoms. The van der Waals surface area contributed by atoms with Gasteiger partial charge in [-0.1, -0.05) is 19.1 Å². The highest BCUT2D eigenvalue weighted by molar-refractivity contribution is 5.96. The number of hydrogen-bond acceptors (Lipinski definition) is 2. The van der Waals surface area contributed by atoms with Crippen molar-refractivity contribution in [2.24, 2.45) is 0 Å². The van der Waals surface area contributed by atoms with Crippen LogP contribution in [0, 0.1) is 0 Å². The zero-order valence-electron chi connectivity index (χ0n) is 10.1. The van der Waals surface area contributed by atoms with E-state index in [9.17, 15) is 9.59 Å². The predicted octanol–water partition coefficient (Wildman–Crippen LogP) is 2.05. The van der Waals surface area contributed by atoms with Crippen LogP contribution < -0.4 is 0 Å². The van der Waals surface area contributed by atoms with Crippen molar-refractivity contribution in [2.75, 3.05) is 6.54 Å². The zero-order chi connectivity index (χ0) is 12.3. The average molecular weight is 231 g/mol. The van der Waals surface area contributed by atoms with Gasteiger partial charge in [-0.25, -0.2) is 0 Å². The van der Waals surface area contributed by atoms with Gasteiger partial charge >= 0.3 is 0 Å². The second-order valence-electron chi connectivity index (χ2n) is 4.40. The van der Waals surface area contributed by atoms with Crippen molar-refractivity contribution < 1.29 is 9.59 Å². The summed E-state index contributed by atoms with van der Waals surface area (Å²) < 4.78 is 0. The lowest BCUT2D eigenvalue weighted by Crippen LogP contribution is -2.36. The Balaban J connectivity index is 2.21. The van der Waals surface area contributed by atoms with E-state index < -0.39 is 0 Å². The fourth-order valence-electron chi connectivity index (χ4n) is 2.28. The molecule has 1 aromatic rings. The van der Waals surface area contributed by atoms with Crippen molar-refractivity contribution >= 4 is 12.2 Å². The van der Waals surface area contributed by atoms with E-state index in [1.165, 1.54) is 0 Å². The van der Waals surface area contributed by atoms with Crippen molar-refractivity contribution in [1.82, 2.24) is 4.90 Å². The molecular weight excluding hydrogens is 214 g/mol. The third-order valence-electron chi connectivity index (χ3n) is 3.30. The molecule has 0 N–H and O–H groups in total. The molecule has 3 nitrogen and oxygen atoms in total. The number of carbonyl (C=O) groups is 2. The van der Waals surface area contributed by atoms with Gasteiger partial charge in [0.1, 0.15) is 6.29 Å². The SMILES string of the molecule is CCc1cccc(C(=O)N2CCC[C@H]2C=O)c1. The molecule has 1 atom stereocenters. The first-order valence-corrected chi connectivity index (χ1v) is 6.11. The van der Waals surface area contributed by atoms with Crippen LogP contribution in [0.15, 0.2) is 24.3 Å². The molecule has 0 aliphatic carbocycles. The predicted molar refractivity (Wildman–Crippen MR) is 65.9 cm³/mol. The summed E-state index contributed by atoms with van der Waals surface area (Å²) in [5, 5.41) is 0. The molecule has 1 fully saturated rings. The number of rotatable bonds is 3. The summed E-state index contributed by atoms with van der Waals surface area (Å²) in [6.45, 7) is 2.76. The van der Waals surface area contributed by atoms with Gasteiger partial charge in [0.2, 0.25) is 0 Å². The number of hydrogen-bond donors (Lipinski definition) is 0. The maximum Gasteiger partial charge on any atom is 0.254 e. The van der Waals surface area contributed by atoms with E-state index in [0.29, 0.717) is 12.1 Å². The van der Waals surface area contributed by atoms with Crippen LogP contribution >= 0.6 is 0 Å². The molecule has 1 aromatic carbocycles. The quantitative estimate of drug-likeness (QED) is 0.747. The highest BCUT2D eigenvalue weighted by Gasteiger charge is 2.28. The minimum absolute atomic E-state index is 0.0186. The van der Waals surface area contributed by atoms with Crippen LogP contribution in [0.4, 0.5) is 0 Å². The normalized spacial score (nSPS) is 19.4. The molecule has 1 aliphatic rings. The molecule has 1 saturated heterocycles. The third kappa shape index (κ3) is 2.38. The number of benzene rings is 1. The molecule has 1 heterocycles. The summed E-state index contributed by atoms with van der Waals surface area (Å²) in [6, 6.07) is 7.42. The van der Waals surface area contributed by atoms with Crippen molar-refractivity contribution in [3.05, 3.63) is 35.4 Å². The Kier molecular flexibility index (Phi) is 3.57. The first-order valence-electron chi connectivity index (χ1n) is 6.11. The summed E-state index contributed by atoms with van der Waals surface area (Å²) >= 11 is 0. The van der Waals surface area contributed by atoms with Crippen LogP contribution in [0.1, 0.15) is 35.7 Å². The number of amides is 1. The number of aldehydes is 1. The summed E-state index contributed by atoms with van der Waals surface area (Å²) in [5.74, 6) is -0.0186. The van der Waals surface area contributed by atoms with Crippen molar-refractivity contribution in [2.45, 2.75) is 32.2 Å². The summed E-state index contributed by atoms with van der Waals surface area (Å²) in [4.78, 5) is 24.8. The lowest BCUT2D eigenvalue weighted by molar-refractivity contribution is -0.111. The molecule has 0 saturated carbocycles. The van der Waals surface area contributed by atoms with Gasteiger partial charge in [-0.05, 0) is 37.0 Å². The fourth-order valence-corrected chi connectivity index (χ4v) is 2.28. The molecule has 1 aliphatic heterocycles. The molecule has 90 valence electrons. The number of carbonyl (C=O) groups excluding carboxylic acids is 2. The molecule has 2 rings (SSSR count). The third-order valence-corrected chi connectivity index (χ3v) is 3.30. The Hall–Kier alpha value is -1.64. The Morgan fingerprint density at radius 3 is 3.06 bits per heavy atom. The Morgan fingerprint density at radius 2 is 2.35 bits per heavy atom. The van der Waals surface area contributed by atoms with Gasteiger partial charge in [0, 0.05) is 12.1 Å². The zero-order valence-corrected chi connectivity index (χ0v) is 10.1. The van der Waals surface area contributed by atoms with Crippen LogP contribution in [0.2, 0.25) is 0 Å². The van der Waals surface area contributed by atoms with Crippen LogP contribution in [0.25, 0.3) is 0 Å². The molecule has 1 amide bonds. The molecular formula is C14H17NO2. The Labute approximate surface area is 101 Å². The van der Waals surface area contributed by atoms with E-state index in [-0.39, 0.29) is 11.9 Å². The topological polar surface area (TPSA) is 37.4 Å². The van der Waals surface area contributed by atoms with E-state index in [2.05, 4.69) is 6.92 Å². The fraction of sp³-hybridized carbons (Fsp3) is 0.429. The molecule has 0 unspecified atom stereocenters. The van der Waals surface area contributed by atoms with E-state index >= 15 is 0 Å². The van der Waals surface area contributed by atoms with E-state index in [1.54, 1.807) is 4.90 Å². The lowest BCUT2D eigenvalue weighted by atomic mass is 10.1. The minimum atomic E-state index is -0.229. The van der Waals surface area contributed by atoms with Gasteiger partial charge in [-0.3, -0.25) is 4.79 Å². The monoisotopic (exact) mass is 231 g/mol. The summed E-state index contributed by atoms with van der Waals surface area (Å²) in [5.41, 5.74) is 1.84. The number of aryl methyl sites for hydroxylation is 1. The van der Waals surface area contributed by atoms with Gasteiger partial charge < -0.3 is 9.69 Å². The molecule has 17 heavy (non-hydrogen) atoms. The maximum absolute atomic E-state index is 12.3. The number of nitrogens with zero attached hydrogens (tertiary/aromatic N) is 1.